The minimum Gasteiger partial charge on any atom is -0.350 e. The van der Waals surface area contributed by atoms with Crippen molar-refractivity contribution in [2.24, 2.45) is 5.73 Å². The molecule has 0 aliphatic carbocycles. The predicted octanol–water partition coefficient (Wildman–Crippen LogP) is 3.03. The normalized spacial score (nSPS) is 13.2. The first-order chi connectivity index (χ1) is 8.29. The van der Waals surface area contributed by atoms with E-state index in [1.807, 2.05) is 45.0 Å². The Hall–Kier alpha value is -1.06. The molecule has 1 rings (SSSR count). The second kappa shape index (κ2) is 6.21. The Morgan fingerprint density at radius 3 is 2.61 bits per heavy atom. The molecule has 0 aliphatic heterocycles. The maximum Gasteiger partial charge on any atom is 0.220 e. The zero-order valence-electron chi connectivity index (χ0n) is 11.2. The largest absolute Gasteiger partial charge is 0.350 e. The van der Waals surface area contributed by atoms with Gasteiger partial charge in [0, 0.05) is 17.0 Å². The summed E-state index contributed by atoms with van der Waals surface area (Å²) in [4.78, 5) is 11.8. The molecule has 1 amide bonds. The van der Waals surface area contributed by atoms with Crippen molar-refractivity contribution in [3.8, 4) is 0 Å². The summed E-state index contributed by atoms with van der Waals surface area (Å²) in [5.41, 5.74) is 6.46. The average Bonchev–Trinajstić information content (AvgIpc) is 2.26. The Kier molecular flexibility index (Phi) is 5.17. The number of amides is 1. The minimum absolute atomic E-state index is 0.000875. The summed E-state index contributed by atoms with van der Waals surface area (Å²) in [6.45, 7) is 5.75. The summed E-state index contributed by atoms with van der Waals surface area (Å²) in [5.74, 6) is 0.000875. The molecule has 0 fully saturated rings. The number of hydrogen-bond acceptors (Lipinski definition) is 2. The van der Waals surface area contributed by atoms with Crippen LogP contribution in [-0.2, 0) is 4.79 Å². The van der Waals surface area contributed by atoms with Gasteiger partial charge < -0.3 is 11.1 Å². The molecular weight excluding hydrogens is 248 g/mol. The first-order valence-corrected chi connectivity index (χ1v) is 6.50. The van der Waals surface area contributed by atoms with Gasteiger partial charge in [0.05, 0.1) is 6.04 Å². The Morgan fingerprint density at radius 2 is 2.06 bits per heavy atom. The molecule has 0 saturated heterocycles. The van der Waals surface area contributed by atoms with Gasteiger partial charge in [-0.1, -0.05) is 29.8 Å². The van der Waals surface area contributed by atoms with Crippen LogP contribution in [-0.4, -0.2) is 11.4 Å². The fraction of sp³-hybridized carbons (Fsp3) is 0.500. The zero-order chi connectivity index (χ0) is 13.8. The standard InChI is InChI=1S/C14H21ClN2O/c1-10(11-6-4-5-7-12(11)15)17-13(18)8-9-14(2,3)16/h4-7,10H,8-9,16H2,1-3H3,(H,17,18)/t10-/m1/s1. The van der Waals surface area contributed by atoms with E-state index in [-0.39, 0.29) is 17.5 Å². The highest BCUT2D eigenvalue weighted by Gasteiger charge is 2.16. The zero-order valence-corrected chi connectivity index (χ0v) is 11.9. The van der Waals surface area contributed by atoms with Crippen LogP contribution in [0.3, 0.4) is 0 Å². The Balaban J connectivity index is 2.53. The van der Waals surface area contributed by atoms with Gasteiger partial charge in [0.15, 0.2) is 0 Å². The molecule has 18 heavy (non-hydrogen) atoms. The first kappa shape index (κ1) is 15.0. The summed E-state index contributed by atoms with van der Waals surface area (Å²) in [6, 6.07) is 7.43. The third kappa shape index (κ3) is 5.07. The van der Waals surface area contributed by atoms with Gasteiger partial charge in [-0.15, -0.1) is 0 Å². The van der Waals surface area contributed by atoms with Crippen LogP contribution >= 0.6 is 11.6 Å². The summed E-state index contributed by atoms with van der Waals surface area (Å²) in [5, 5.41) is 3.60. The molecule has 0 saturated carbocycles. The van der Waals surface area contributed by atoms with Crippen LogP contribution in [0.15, 0.2) is 24.3 Å². The molecule has 0 heterocycles. The van der Waals surface area contributed by atoms with E-state index in [0.29, 0.717) is 17.9 Å². The fourth-order valence-electron chi connectivity index (χ4n) is 1.65. The summed E-state index contributed by atoms with van der Waals surface area (Å²) in [7, 11) is 0. The lowest BCUT2D eigenvalue weighted by molar-refractivity contribution is -0.122. The molecule has 1 aromatic rings. The van der Waals surface area contributed by atoms with Gasteiger partial charge in [0.2, 0.25) is 5.91 Å². The second-order valence-electron chi connectivity index (χ2n) is 5.30. The molecule has 1 aromatic carbocycles. The van der Waals surface area contributed by atoms with Crippen LogP contribution < -0.4 is 11.1 Å². The van der Waals surface area contributed by atoms with Crippen molar-refractivity contribution in [1.82, 2.24) is 5.32 Å². The smallest absolute Gasteiger partial charge is 0.220 e. The van der Waals surface area contributed by atoms with E-state index >= 15 is 0 Å². The second-order valence-corrected chi connectivity index (χ2v) is 5.71. The third-order valence-electron chi connectivity index (χ3n) is 2.75. The number of benzene rings is 1. The number of nitrogens with one attached hydrogen (secondary N) is 1. The predicted molar refractivity (Wildman–Crippen MR) is 75.5 cm³/mol. The number of rotatable bonds is 5. The van der Waals surface area contributed by atoms with Crippen molar-refractivity contribution >= 4 is 17.5 Å². The molecule has 0 radical (unpaired) electrons. The molecule has 0 spiro atoms. The number of carbonyl (C=O) groups excluding carboxylic acids is 1. The Labute approximate surface area is 114 Å². The Morgan fingerprint density at radius 1 is 1.44 bits per heavy atom. The molecule has 0 unspecified atom stereocenters. The lowest BCUT2D eigenvalue weighted by Crippen LogP contribution is -2.35. The summed E-state index contributed by atoms with van der Waals surface area (Å²) >= 11 is 6.08. The average molecular weight is 269 g/mol. The molecule has 4 heteroatoms. The minimum atomic E-state index is -0.315. The van der Waals surface area contributed by atoms with E-state index in [1.165, 1.54) is 0 Å². The van der Waals surface area contributed by atoms with Gasteiger partial charge in [0.1, 0.15) is 0 Å². The topological polar surface area (TPSA) is 55.1 Å². The van der Waals surface area contributed by atoms with Gasteiger partial charge >= 0.3 is 0 Å². The monoisotopic (exact) mass is 268 g/mol. The fourth-order valence-corrected chi connectivity index (χ4v) is 1.95. The van der Waals surface area contributed by atoms with E-state index in [9.17, 15) is 4.79 Å². The molecule has 0 aliphatic rings. The van der Waals surface area contributed by atoms with Crippen LogP contribution in [0.25, 0.3) is 0 Å². The van der Waals surface area contributed by atoms with Gasteiger partial charge in [-0.3, -0.25) is 4.79 Å². The highest BCUT2D eigenvalue weighted by atomic mass is 35.5. The van der Waals surface area contributed by atoms with E-state index < -0.39 is 0 Å². The highest BCUT2D eigenvalue weighted by Crippen LogP contribution is 2.22. The first-order valence-electron chi connectivity index (χ1n) is 6.12. The molecule has 0 aromatic heterocycles. The van der Waals surface area contributed by atoms with E-state index in [2.05, 4.69) is 5.32 Å². The van der Waals surface area contributed by atoms with Crippen molar-refractivity contribution in [2.75, 3.05) is 0 Å². The van der Waals surface area contributed by atoms with Crippen LogP contribution in [0.5, 0.6) is 0 Å². The SMILES string of the molecule is C[C@@H](NC(=O)CCC(C)(C)N)c1ccccc1Cl. The molecule has 1 atom stereocenters. The number of carbonyl (C=O) groups is 1. The van der Waals surface area contributed by atoms with Gasteiger partial charge in [-0.05, 0) is 38.8 Å². The molecule has 3 N–H and O–H groups in total. The molecule has 0 bridgehead atoms. The summed E-state index contributed by atoms with van der Waals surface area (Å²) in [6.07, 6.45) is 1.09. The van der Waals surface area contributed by atoms with Crippen LogP contribution in [0.1, 0.15) is 45.2 Å². The maximum atomic E-state index is 11.8. The number of nitrogens with two attached hydrogens (primary N) is 1. The van der Waals surface area contributed by atoms with Gasteiger partial charge in [-0.2, -0.15) is 0 Å². The van der Waals surface area contributed by atoms with E-state index in [1.54, 1.807) is 0 Å². The van der Waals surface area contributed by atoms with Crippen LogP contribution in [0.4, 0.5) is 0 Å². The number of halogens is 1. The van der Waals surface area contributed by atoms with Crippen molar-refractivity contribution in [3.05, 3.63) is 34.9 Å². The van der Waals surface area contributed by atoms with Crippen LogP contribution in [0, 0.1) is 0 Å². The Bertz CT molecular complexity index is 413. The van der Waals surface area contributed by atoms with Gasteiger partial charge in [-0.25, -0.2) is 0 Å². The lowest BCUT2D eigenvalue weighted by atomic mass is 9.99. The van der Waals surface area contributed by atoms with E-state index in [4.69, 9.17) is 17.3 Å². The van der Waals surface area contributed by atoms with Gasteiger partial charge in [0.25, 0.3) is 0 Å². The van der Waals surface area contributed by atoms with Crippen molar-refractivity contribution in [1.29, 1.82) is 0 Å². The number of hydrogen-bond donors (Lipinski definition) is 2. The highest BCUT2D eigenvalue weighted by molar-refractivity contribution is 6.31. The lowest BCUT2D eigenvalue weighted by Gasteiger charge is -2.20. The van der Waals surface area contributed by atoms with E-state index in [0.717, 1.165) is 5.56 Å². The van der Waals surface area contributed by atoms with Crippen molar-refractivity contribution in [2.45, 2.75) is 45.2 Å². The van der Waals surface area contributed by atoms with Crippen molar-refractivity contribution in [3.63, 3.8) is 0 Å². The molecule has 3 nitrogen and oxygen atoms in total. The molecular formula is C14H21ClN2O. The molecule has 100 valence electrons. The summed E-state index contributed by atoms with van der Waals surface area (Å²) < 4.78 is 0. The van der Waals surface area contributed by atoms with Crippen molar-refractivity contribution < 1.29 is 4.79 Å². The maximum absolute atomic E-state index is 11.8. The quantitative estimate of drug-likeness (QED) is 0.862. The van der Waals surface area contributed by atoms with Crippen LogP contribution in [0.2, 0.25) is 5.02 Å². The third-order valence-corrected chi connectivity index (χ3v) is 3.09.